The normalized spacial score (nSPS) is 13.7. The van der Waals surface area contributed by atoms with Crippen LogP contribution in [-0.4, -0.2) is 42.9 Å². The van der Waals surface area contributed by atoms with Gasteiger partial charge in [-0.3, -0.25) is 9.35 Å². The molecule has 1 aliphatic heterocycles. The second kappa shape index (κ2) is 10.6. The number of nitrogens with zero attached hydrogens (tertiary/aromatic N) is 2. The van der Waals surface area contributed by atoms with Gasteiger partial charge < -0.3 is 14.4 Å². The SMILES string of the molecule is O=C(O)CCCN1CCCc2cc3cc(-c4ccc[n+](CCCCS(=O)(=O)O)c4)c(=O)oc3cc21. The number of carboxylic acid groups (broad SMARTS) is 1. The van der Waals surface area contributed by atoms with Gasteiger partial charge in [-0.25, -0.2) is 9.36 Å². The molecule has 1 aliphatic rings. The van der Waals surface area contributed by atoms with Crippen molar-refractivity contribution in [2.45, 2.75) is 45.1 Å². The lowest BCUT2D eigenvalue weighted by Gasteiger charge is -2.31. The fraction of sp³-hybridized carbons (Fsp3) is 0.400. The van der Waals surface area contributed by atoms with Gasteiger partial charge in [-0.05, 0) is 49.4 Å². The van der Waals surface area contributed by atoms with Crippen molar-refractivity contribution in [1.82, 2.24) is 0 Å². The van der Waals surface area contributed by atoms with E-state index in [4.69, 9.17) is 14.1 Å². The monoisotopic (exact) mass is 501 g/mol. The molecule has 0 saturated carbocycles. The van der Waals surface area contributed by atoms with Gasteiger partial charge in [-0.2, -0.15) is 8.42 Å². The first-order valence-corrected chi connectivity index (χ1v) is 13.3. The first-order valence-electron chi connectivity index (χ1n) is 11.7. The summed E-state index contributed by atoms with van der Waals surface area (Å²) in [7, 11) is -3.96. The minimum Gasteiger partial charge on any atom is -0.481 e. The minimum absolute atomic E-state index is 0.121. The van der Waals surface area contributed by atoms with E-state index in [-0.39, 0.29) is 12.2 Å². The molecule has 0 fully saturated rings. The van der Waals surface area contributed by atoms with Gasteiger partial charge in [0.25, 0.3) is 10.1 Å². The van der Waals surface area contributed by atoms with Gasteiger partial charge in [0.2, 0.25) is 0 Å². The predicted molar refractivity (Wildman–Crippen MR) is 131 cm³/mol. The minimum atomic E-state index is -3.96. The Morgan fingerprint density at radius 3 is 2.77 bits per heavy atom. The van der Waals surface area contributed by atoms with Crippen LogP contribution >= 0.6 is 0 Å². The van der Waals surface area contributed by atoms with Gasteiger partial charge in [-0.1, -0.05) is 0 Å². The number of carboxylic acids is 1. The third-order valence-corrected chi connectivity index (χ3v) is 7.01. The average molecular weight is 502 g/mol. The number of fused-ring (bicyclic) bond motifs is 2. The fourth-order valence-corrected chi connectivity index (χ4v) is 5.10. The maximum Gasteiger partial charge on any atom is 0.344 e. The highest BCUT2D eigenvalue weighted by atomic mass is 32.2. The Labute approximate surface area is 203 Å². The van der Waals surface area contributed by atoms with Gasteiger partial charge in [-0.15, -0.1) is 0 Å². The zero-order chi connectivity index (χ0) is 25.0. The standard InChI is InChI=1S/C25H28N2O7S/c28-24(29)8-5-12-27-11-4-6-18-14-20-15-21(25(30)34-23(20)16-22(18)27)19-7-3-10-26(17-19)9-1-2-13-35(31,32)33/h3,7,10,14-17H,1-2,4-6,8-9,11-13H2,(H-,28,29,31,32,33)/p+1. The number of aliphatic carboxylic acids is 1. The van der Waals surface area contributed by atoms with Gasteiger partial charge in [0.15, 0.2) is 12.4 Å². The molecule has 3 heterocycles. The van der Waals surface area contributed by atoms with Crippen LogP contribution in [0.4, 0.5) is 5.69 Å². The molecule has 0 bridgehead atoms. The van der Waals surface area contributed by atoms with Crippen molar-refractivity contribution in [3.8, 4) is 11.1 Å². The highest BCUT2D eigenvalue weighted by molar-refractivity contribution is 7.85. The number of pyridine rings is 1. The highest BCUT2D eigenvalue weighted by Crippen LogP contribution is 2.32. The maximum absolute atomic E-state index is 12.9. The van der Waals surface area contributed by atoms with Gasteiger partial charge in [0.05, 0.1) is 16.9 Å². The Kier molecular flexibility index (Phi) is 7.51. The summed E-state index contributed by atoms with van der Waals surface area (Å²) in [5, 5.41) is 9.76. The topological polar surface area (TPSA) is 129 Å². The van der Waals surface area contributed by atoms with Crippen molar-refractivity contribution in [2.75, 3.05) is 23.7 Å². The summed E-state index contributed by atoms with van der Waals surface area (Å²) < 4.78 is 38.2. The van der Waals surface area contributed by atoms with Crippen molar-refractivity contribution in [1.29, 1.82) is 0 Å². The molecule has 2 N–H and O–H groups in total. The van der Waals surface area contributed by atoms with E-state index in [1.165, 1.54) is 0 Å². The molecule has 0 atom stereocenters. The lowest BCUT2D eigenvalue weighted by molar-refractivity contribution is -0.696. The molecule has 2 aromatic heterocycles. The van der Waals surface area contributed by atoms with E-state index in [9.17, 15) is 18.0 Å². The average Bonchev–Trinajstić information content (AvgIpc) is 2.80. The summed E-state index contributed by atoms with van der Waals surface area (Å²) in [4.78, 5) is 25.9. The summed E-state index contributed by atoms with van der Waals surface area (Å²) in [6.07, 6.45) is 7.13. The van der Waals surface area contributed by atoms with E-state index in [1.807, 2.05) is 47.3 Å². The zero-order valence-electron chi connectivity index (χ0n) is 19.4. The summed E-state index contributed by atoms with van der Waals surface area (Å²) in [6.45, 7) is 2.03. The molecule has 35 heavy (non-hydrogen) atoms. The second-order valence-corrected chi connectivity index (χ2v) is 10.4. The van der Waals surface area contributed by atoms with Crippen LogP contribution < -0.4 is 15.1 Å². The van der Waals surface area contributed by atoms with Crippen LogP contribution in [0.2, 0.25) is 0 Å². The molecule has 186 valence electrons. The van der Waals surface area contributed by atoms with Gasteiger partial charge in [0, 0.05) is 49.1 Å². The van der Waals surface area contributed by atoms with Crippen molar-refractivity contribution >= 4 is 32.7 Å². The summed E-state index contributed by atoms with van der Waals surface area (Å²) >= 11 is 0. The number of aromatic nitrogens is 1. The van der Waals surface area contributed by atoms with Crippen molar-refractivity contribution in [3.05, 3.63) is 58.7 Å². The van der Waals surface area contributed by atoms with Crippen LogP contribution in [0.1, 0.15) is 37.7 Å². The molecule has 3 aromatic rings. The molecular formula is C25H29N2O7S+. The third-order valence-electron chi connectivity index (χ3n) is 6.20. The van der Waals surface area contributed by atoms with Crippen molar-refractivity contribution in [3.63, 3.8) is 0 Å². The Morgan fingerprint density at radius 2 is 2.00 bits per heavy atom. The smallest absolute Gasteiger partial charge is 0.344 e. The second-order valence-electron chi connectivity index (χ2n) is 8.88. The van der Waals surface area contributed by atoms with Crippen LogP contribution in [0.3, 0.4) is 0 Å². The number of rotatable bonds is 10. The van der Waals surface area contributed by atoms with Crippen LogP contribution in [0.15, 0.2) is 51.9 Å². The van der Waals surface area contributed by atoms with Crippen LogP contribution in [0.25, 0.3) is 22.1 Å². The number of hydrogen-bond donors (Lipinski definition) is 2. The van der Waals surface area contributed by atoms with E-state index in [0.29, 0.717) is 49.1 Å². The molecule has 0 saturated heterocycles. The summed E-state index contributed by atoms with van der Waals surface area (Å²) in [6, 6.07) is 9.42. The molecule has 0 aliphatic carbocycles. The number of carbonyl (C=O) groups is 1. The molecule has 0 unspecified atom stereocenters. The molecular weight excluding hydrogens is 472 g/mol. The van der Waals surface area contributed by atoms with Crippen LogP contribution in [0, 0.1) is 0 Å². The zero-order valence-corrected chi connectivity index (χ0v) is 20.2. The largest absolute Gasteiger partial charge is 0.481 e. The summed E-state index contributed by atoms with van der Waals surface area (Å²) in [5.41, 5.74) is 3.34. The molecule has 0 radical (unpaired) electrons. The van der Waals surface area contributed by atoms with Gasteiger partial charge in [0.1, 0.15) is 12.1 Å². The Balaban J connectivity index is 1.57. The molecule has 9 nitrogen and oxygen atoms in total. The van der Waals surface area contributed by atoms with E-state index in [0.717, 1.165) is 36.0 Å². The number of aryl methyl sites for hydroxylation is 2. The van der Waals surface area contributed by atoms with E-state index in [1.54, 1.807) is 0 Å². The number of unbranched alkanes of at least 4 members (excludes halogenated alkanes) is 1. The molecule has 4 rings (SSSR count). The number of hydrogen-bond acceptors (Lipinski definition) is 6. The van der Waals surface area contributed by atoms with Gasteiger partial charge >= 0.3 is 11.6 Å². The van der Waals surface area contributed by atoms with Crippen molar-refractivity contribution < 1.29 is 31.9 Å². The Hall–Kier alpha value is -3.24. The number of anilines is 1. The predicted octanol–water partition coefficient (Wildman–Crippen LogP) is 3.03. The lowest BCUT2D eigenvalue weighted by Crippen LogP contribution is -2.33. The van der Waals surface area contributed by atoms with E-state index >= 15 is 0 Å². The van der Waals surface area contributed by atoms with Crippen molar-refractivity contribution in [2.24, 2.45) is 0 Å². The van der Waals surface area contributed by atoms with E-state index < -0.39 is 21.7 Å². The van der Waals surface area contributed by atoms with Crippen LogP contribution in [0.5, 0.6) is 0 Å². The molecule has 0 amide bonds. The Bertz CT molecular complexity index is 1400. The number of benzene rings is 1. The maximum atomic E-state index is 12.9. The van der Waals surface area contributed by atoms with Crippen LogP contribution in [-0.2, 0) is 27.9 Å². The molecule has 1 aromatic carbocycles. The Morgan fingerprint density at radius 1 is 1.17 bits per heavy atom. The lowest BCUT2D eigenvalue weighted by atomic mass is 9.98. The quantitative estimate of drug-likeness (QED) is 0.188. The van der Waals surface area contributed by atoms with E-state index in [2.05, 4.69) is 4.90 Å². The first kappa shape index (κ1) is 24.9. The highest BCUT2D eigenvalue weighted by Gasteiger charge is 2.20. The molecule has 10 heteroatoms. The summed E-state index contributed by atoms with van der Waals surface area (Å²) in [5.74, 6) is -1.08. The fourth-order valence-electron chi connectivity index (χ4n) is 4.53. The third kappa shape index (κ3) is 6.46. The molecule has 0 spiro atoms. The first-order chi connectivity index (χ1) is 16.7.